The second-order valence-electron chi connectivity index (χ2n) is 7.38. The van der Waals surface area contributed by atoms with E-state index >= 15 is 0 Å². The van der Waals surface area contributed by atoms with E-state index in [9.17, 15) is 14.4 Å². The highest BCUT2D eigenvalue weighted by atomic mass is 32.2. The number of amides is 3. The zero-order valence-corrected chi connectivity index (χ0v) is 19.6. The number of carbonyl (C=O) groups is 3. The molecule has 0 radical (unpaired) electrons. The summed E-state index contributed by atoms with van der Waals surface area (Å²) >= 11 is 1.50. The van der Waals surface area contributed by atoms with Gasteiger partial charge in [0.05, 0.1) is 20.1 Å². The maximum Gasteiger partial charge on any atom is 0.248 e. The van der Waals surface area contributed by atoms with Gasteiger partial charge in [-0.25, -0.2) is 0 Å². The number of hydrogen-bond donors (Lipinski definition) is 2. The molecule has 1 fully saturated rings. The highest BCUT2D eigenvalue weighted by Gasteiger charge is 2.36. The molecule has 2 aromatic carbocycles. The Hall–Kier alpha value is -3.46. The SMILES string of the molecule is COc1ccc(/C=C/C(=O)NC(C)C(=O)N2CSCC2C(=O)Nc2ccc(OC)cc2)cc1. The number of nitrogens with zero attached hydrogens (tertiary/aromatic N) is 1. The van der Waals surface area contributed by atoms with Gasteiger partial charge in [-0.05, 0) is 55.0 Å². The number of rotatable bonds is 8. The number of carbonyl (C=O) groups excluding carboxylic acids is 3. The van der Waals surface area contributed by atoms with Crippen LogP contribution in [0.3, 0.4) is 0 Å². The van der Waals surface area contributed by atoms with Gasteiger partial charge in [0.2, 0.25) is 17.7 Å². The van der Waals surface area contributed by atoms with Crippen molar-refractivity contribution in [3.8, 4) is 11.5 Å². The van der Waals surface area contributed by atoms with Crippen LogP contribution in [-0.4, -0.2) is 60.6 Å². The van der Waals surface area contributed by atoms with Gasteiger partial charge >= 0.3 is 0 Å². The minimum absolute atomic E-state index is 0.267. The van der Waals surface area contributed by atoms with Gasteiger partial charge in [0, 0.05) is 17.5 Å². The maximum atomic E-state index is 12.9. The molecule has 0 bridgehead atoms. The predicted octanol–water partition coefficient (Wildman–Crippen LogP) is 2.76. The number of methoxy groups -OCH3 is 2. The smallest absolute Gasteiger partial charge is 0.248 e. The van der Waals surface area contributed by atoms with Crippen LogP contribution in [0.5, 0.6) is 11.5 Å². The van der Waals surface area contributed by atoms with Gasteiger partial charge in [0.15, 0.2) is 0 Å². The summed E-state index contributed by atoms with van der Waals surface area (Å²) in [5.74, 6) is 1.33. The monoisotopic (exact) mass is 469 g/mol. The molecule has 2 atom stereocenters. The Labute approximate surface area is 197 Å². The molecule has 2 unspecified atom stereocenters. The van der Waals surface area contributed by atoms with E-state index in [4.69, 9.17) is 9.47 Å². The molecule has 0 spiro atoms. The Morgan fingerprint density at radius 2 is 1.64 bits per heavy atom. The molecule has 0 aromatic heterocycles. The molecule has 3 rings (SSSR count). The van der Waals surface area contributed by atoms with Crippen molar-refractivity contribution >= 4 is 41.2 Å². The second kappa shape index (κ2) is 11.4. The van der Waals surface area contributed by atoms with Gasteiger partial charge in [-0.3, -0.25) is 14.4 Å². The molecular formula is C24H27N3O5S. The van der Waals surface area contributed by atoms with Crippen molar-refractivity contribution in [2.75, 3.05) is 31.2 Å². The van der Waals surface area contributed by atoms with E-state index in [1.165, 1.54) is 22.7 Å². The van der Waals surface area contributed by atoms with Crippen LogP contribution in [0, 0.1) is 0 Å². The third-order valence-corrected chi connectivity index (χ3v) is 6.11. The Morgan fingerprint density at radius 1 is 1.03 bits per heavy atom. The van der Waals surface area contributed by atoms with E-state index < -0.39 is 18.0 Å². The molecule has 2 aromatic rings. The van der Waals surface area contributed by atoms with E-state index in [0.29, 0.717) is 23.1 Å². The maximum absolute atomic E-state index is 12.9. The van der Waals surface area contributed by atoms with E-state index in [-0.39, 0.29) is 11.8 Å². The third kappa shape index (κ3) is 6.52. The molecule has 1 aliphatic heterocycles. The first-order valence-corrected chi connectivity index (χ1v) is 11.5. The summed E-state index contributed by atoms with van der Waals surface area (Å²) in [5, 5.41) is 5.51. The molecule has 8 nitrogen and oxygen atoms in total. The van der Waals surface area contributed by atoms with Crippen LogP contribution in [0.2, 0.25) is 0 Å². The van der Waals surface area contributed by atoms with E-state index in [1.807, 2.05) is 12.1 Å². The van der Waals surface area contributed by atoms with Crippen LogP contribution in [0.4, 0.5) is 5.69 Å². The summed E-state index contributed by atoms with van der Waals surface area (Å²) < 4.78 is 10.2. The topological polar surface area (TPSA) is 97.0 Å². The van der Waals surface area contributed by atoms with Crippen molar-refractivity contribution in [1.29, 1.82) is 0 Å². The summed E-state index contributed by atoms with van der Waals surface area (Å²) in [4.78, 5) is 39.5. The molecule has 1 saturated heterocycles. The summed E-state index contributed by atoms with van der Waals surface area (Å²) in [6, 6.07) is 12.8. The average Bonchev–Trinajstić information content (AvgIpc) is 3.33. The first-order chi connectivity index (χ1) is 15.9. The normalized spacial score (nSPS) is 16.3. The lowest BCUT2D eigenvalue weighted by molar-refractivity contribution is -0.138. The molecule has 0 aliphatic carbocycles. The van der Waals surface area contributed by atoms with Crippen molar-refractivity contribution in [3.05, 3.63) is 60.2 Å². The van der Waals surface area contributed by atoms with E-state index in [0.717, 1.165) is 11.3 Å². The molecule has 1 aliphatic rings. The molecule has 33 heavy (non-hydrogen) atoms. The van der Waals surface area contributed by atoms with E-state index in [2.05, 4.69) is 10.6 Å². The minimum atomic E-state index is -0.770. The van der Waals surface area contributed by atoms with Crippen LogP contribution in [0.15, 0.2) is 54.6 Å². The van der Waals surface area contributed by atoms with Gasteiger partial charge in [-0.1, -0.05) is 12.1 Å². The highest BCUT2D eigenvalue weighted by Crippen LogP contribution is 2.24. The predicted molar refractivity (Wildman–Crippen MR) is 129 cm³/mol. The zero-order valence-electron chi connectivity index (χ0n) is 18.7. The Bertz CT molecular complexity index is 1010. The van der Waals surface area contributed by atoms with Crippen molar-refractivity contribution in [1.82, 2.24) is 10.2 Å². The molecule has 1 heterocycles. The van der Waals surface area contributed by atoms with Crippen LogP contribution < -0.4 is 20.1 Å². The lowest BCUT2D eigenvalue weighted by atomic mass is 10.2. The number of thioether (sulfide) groups is 1. The largest absolute Gasteiger partial charge is 0.497 e. The Balaban J connectivity index is 1.55. The fraction of sp³-hybridized carbons (Fsp3) is 0.292. The lowest BCUT2D eigenvalue weighted by Gasteiger charge is -2.26. The number of benzene rings is 2. The van der Waals surface area contributed by atoms with Crippen molar-refractivity contribution in [2.45, 2.75) is 19.0 Å². The number of ether oxygens (including phenoxy) is 2. The molecule has 3 amide bonds. The molecule has 9 heteroatoms. The summed E-state index contributed by atoms with van der Waals surface area (Å²) in [5.41, 5.74) is 1.45. The van der Waals surface area contributed by atoms with Crippen LogP contribution in [0.1, 0.15) is 12.5 Å². The minimum Gasteiger partial charge on any atom is -0.497 e. The van der Waals surface area contributed by atoms with Gasteiger partial charge in [0.1, 0.15) is 23.6 Å². The molecule has 0 saturated carbocycles. The number of anilines is 1. The van der Waals surface area contributed by atoms with Crippen molar-refractivity contribution in [3.63, 3.8) is 0 Å². The van der Waals surface area contributed by atoms with Crippen LogP contribution >= 0.6 is 11.8 Å². The average molecular weight is 470 g/mol. The Kier molecular flexibility index (Phi) is 8.37. The molecule has 174 valence electrons. The first kappa shape index (κ1) is 24.2. The zero-order chi connectivity index (χ0) is 23.8. The number of nitrogens with one attached hydrogen (secondary N) is 2. The van der Waals surface area contributed by atoms with Gasteiger partial charge in [0.25, 0.3) is 0 Å². The standard InChI is InChI=1S/C24H27N3O5S/c1-16(25-22(28)13-6-17-4-9-19(31-2)10-5-17)24(30)27-15-33-14-21(27)23(29)26-18-7-11-20(32-3)12-8-18/h4-13,16,21H,14-15H2,1-3H3,(H,25,28)(H,26,29)/b13-6+. The first-order valence-electron chi connectivity index (χ1n) is 10.4. The van der Waals surface area contributed by atoms with Gasteiger partial charge in [-0.15, -0.1) is 11.8 Å². The fourth-order valence-corrected chi connectivity index (χ4v) is 4.40. The van der Waals surface area contributed by atoms with E-state index in [1.54, 1.807) is 63.6 Å². The summed E-state index contributed by atoms with van der Waals surface area (Å²) in [6.45, 7) is 1.61. The number of hydrogen-bond acceptors (Lipinski definition) is 6. The Morgan fingerprint density at radius 3 is 2.24 bits per heavy atom. The van der Waals surface area contributed by atoms with Crippen LogP contribution in [0.25, 0.3) is 6.08 Å². The lowest BCUT2D eigenvalue weighted by Crippen LogP contribution is -2.51. The van der Waals surface area contributed by atoms with Gasteiger partial charge < -0.3 is 25.0 Å². The summed E-state index contributed by atoms with van der Waals surface area (Å²) in [6.07, 6.45) is 3.03. The highest BCUT2D eigenvalue weighted by molar-refractivity contribution is 7.99. The third-order valence-electron chi connectivity index (χ3n) is 5.10. The van der Waals surface area contributed by atoms with Crippen molar-refractivity contribution < 1.29 is 23.9 Å². The quantitative estimate of drug-likeness (QED) is 0.577. The summed E-state index contributed by atoms with van der Waals surface area (Å²) in [7, 11) is 3.16. The van der Waals surface area contributed by atoms with Crippen LogP contribution in [-0.2, 0) is 14.4 Å². The second-order valence-corrected chi connectivity index (χ2v) is 8.38. The van der Waals surface area contributed by atoms with Crippen molar-refractivity contribution in [2.24, 2.45) is 0 Å². The van der Waals surface area contributed by atoms with Gasteiger partial charge in [-0.2, -0.15) is 0 Å². The fourth-order valence-electron chi connectivity index (χ4n) is 3.24. The molecular weight excluding hydrogens is 442 g/mol. The molecule has 2 N–H and O–H groups in total.